The largest absolute Gasteiger partial charge is 0.379 e. The molecule has 11 nitrogen and oxygen atoms in total. The number of hydrogen-bond acceptors (Lipinski definition) is 7. The zero-order valence-electron chi connectivity index (χ0n) is 29.4. The third kappa shape index (κ3) is 6.25. The van der Waals surface area contributed by atoms with Crippen molar-refractivity contribution < 1.29 is 14.3 Å². The zero-order valence-corrected chi connectivity index (χ0v) is 30.1. The summed E-state index contributed by atoms with van der Waals surface area (Å²) in [7, 11) is 3.84. The van der Waals surface area contributed by atoms with Gasteiger partial charge in [-0.1, -0.05) is 35.9 Å². The molecule has 0 aliphatic carbocycles. The summed E-state index contributed by atoms with van der Waals surface area (Å²) in [5.74, 6) is -0.338. The van der Waals surface area contributed by atoms with Crippen molar-refractivity contribution in [2.24, 2.45) is 14.1 Å². The van der Waals surface area contributed by atoms with Crippen LogP contribution in [-0.2, 0) is 31.8 Å². The van der Waals surface area contributed by atoms with Crippen LogP contribution in [0, 0.1) is 6.92 Å². The molecule has 2 aliphatic rings. The SMILES string of the molecule is Cc1c(C(=O)N(c2ccnnc2)c2cnc3c(ccn3C)c2)cc(-c2cc(Cl)ccc2C(=O)N2Cc3ccccc3C[C@H]2CN2CCOCC2)n1C. The van der Waals surface area contributed by atoms with Gasteiger partial charge >= 0.3 is 0 Å². The molecule has 6 aromatic rings. The fourth-order valence-corrected chi connectivity index (χ4v) is 7.67. The van der Waals surface area contributed by atoms with Crippen molar-refractivity contribution >= 4 is 45.8 Å². The minimum Gasteiger partial charge on any atom is -0.379 e. The number of ether oxygens (including phenoxy) is 1. The van der Waals surface area contributed by atoms with E-state index in [1.807, 2.05) is 77.6 Å². The maximum atomic E-state index is 14.8. The molecule has 0 radical (unpaired) electrons. The van der Waals surface area contributed by atoms with Crippen LogP contribution in [0.1, 0.15) is 37.5 Å². The summed E-state index contributed by atoms with van der Waals surface area (Å²) in [5.41, 5.74) is 7.49. The molecule has 12 heteroatoms. The first kappa shape index (κ1) is 33.8. The quantitative estimate of drug-likeness (QED) is 0.194. The maximum absolute atomic E-state index is 14.8. The van der Waals surface area contributed by atoms with E-state index >= 15 is 0 Å². The van der Waals surface area contributed by atoms with Crippen LogP contribution in [0.3, 0.4) is 0 Å². The topological polar surface area (TPSA) is 102 Å². The summed E-state index contributed by atoms with van der Waals surface area (Å²) in [6, 6.07) is 21.3. The van der Waals surface area contributed by atoms with Crippen molar-refractivity contribution in [3.63, 3.8) is 0 Å². The first-order valence-electron chi connectivity index (χ1n) is 17.4. The van der Waals surface area contributed by atoms with E-state index in [9.17, 15) is 9.59 Å². The second-order valence-corrected chi connectivity index (χ2v) is 14.0. The molecule has 0 saturated carbocycles. The van der Waals surface area contributed by atoms with Crippen LogP contribution in [0.15, 0.2) is 91.5 Å². The van der Waals surface area contributed by atoms with E-state index in [4.69, 9.17) is 16.3 Å². The molecule has 4 aromatic heterocycles. The molecule has 2 aromatic carbocycles. The first-order chi connectivity index (χ1) is 25.3. The summed E-state index contributed by atoms with van der Waals surface area (Å²) in [5, 5.41) is 9.41. The second kappa shape index (κ2) is 14.0. The Kier molecular flexibility index (Phi) is 9.08. The number of morpholine rings is 1. The van der Waals surface area contributed by atoms with E-state index in [0.717, 1.165) is 48.3 Å². The molecule has 8 rings (SSSR count). The fraction of sp³-hybridized carbons (Fsp3) is 0.275. The molecule has 1 saturated heterocycles. The number of nitrogens with zero attached hydrogens (tertiary/aromatic N) is 8. The molecular weight excluding hydrogens is 676 g/mol. The van der Waals surface area contributed by atoms with E-state index in [1.165, 1.54) is 5.56 Å². The number of pyridine rings is 1. The number of rotatable bonds is 7. The van der Waals surface area contributed by atoms with Crippen LogP contribution in [0.2, 0.25) is 5.02 Å². The predicted octanol–water partition coefficient (Wildman–Crippen LogP) is 6.21. The Hall–Kier alpha value is -5.36. The summed E-state index contributed by atoms with van der Waals surface area (Å²) in [6.07, 6.45) is 7.52. The van der Waals surface area contributed by atoms with Gasteiger partial charge in [0, 0.05) is 85.4 Å². The average Bonchev–Trinajstić information content (AvgIpc) is 3.69. The van der Waals surface area contributed by atoms with E-state index in [2.05, 4.69) is 38.3 Å². The normalized spacial score (nSPS) is 16.2. The average molecular weight is 715 g/mol. The van der Waals surface area contributed by atoms with Gasteiger partial charge in [0.2, 0.25) is 0 Å². The van der Waals surface area contributed by atoms with Gasteiger partial charge in [0.25, 0.3) is 11.8 Å². The van der Waals surface area contributed by atoms with Crippen LogP contribution in [0.4, 0.5) is 11.4 Å². The predicted molar refractivity (Wildman–Crippen MR) is 201 cm³/mol. The van der Waals surface area contributed by atoms with Gasteiger partial charge < -0.3 is 18.8 Å². The van der Waals surface area contributed by atoms with Crippen molar-refractivity contribution in [3.8, 4) is 11.3 Å². The van der Waals surface area contributed by atoms with Crippen LogP contribution in [0.5, 0.6) is 0 Å². The summed E-state index contributed by atoms with van der Waals surface area (Å²) >= 11 is 6.65. The number of anilines is 2. The Labute approximate surface area is 307 Å². The molecule has 264 valence electrons. The van der Waals surface area contributed by atoms with Gasteiger partial charge in [-0.25, -0.2) is 4.98 Å². The lowest BCUT2D eigenvalue weighted by Crippen LogP contribution is -2.52. The lowest BCUT2D eigenvalue weighted by atomic mass is 9.92. The Balaban J connectivity index is 1.18. The Morgan fingerprint density at radius 1 is 0.923 bits per heavy atom. The number of amides is 2. The molecule has 2 aliphatic heterocycles. The van der Waals surface area contributed by atoms with Crippen molar-refractivity contribution in [2.45, 2.75) is 25.9 Å². The zero-order chi connectivity index (χ0) is 35.9. The van der Waals surface area contributed by atoms with Crippen molar-refractivity contribution in [1.29, 1.82) is 0 Å². The fourth-order valence-electron chi connectivity index (χ4n) is 7.50. The summed E-state index contributed by atoms with van der Waals surface area (Å²) in [4.78, 5) is 40.2. The van der Waals surface area contributed by atoms with Crippen molar-refractivity contribution in [3.05, 3.63) is 124 Å². The van der Waals surface area contributed by atoms with E-state index < -0.39 is 0 Å². The molecule has 1 fully saturated rings. The number of halogens is 1. The molecule has 6 heterocycles. The van der Waals surface area contributed by atoms with Crippen molar-refractivity contribution in [1.82, 2.24) is 34.1 Å². The number of aryl methyl sites for hydroxylation is 1. The Morgan fingerprint density at radius 3 is 2.52 bits per heavy atom. The maximum Gasteiger partial charge on any atom is 0.264 e. The van der Waals surface area contributed by atoms with Crippen LogP contribution in [0.25, 0.3) is 22.3 Å². The lowest BCUT2D eigenvalue weighted by molar-refractivity contribution is 0.0193. The standard InChI is InChI=1S/C40H39ClN8O3/c1-26-35(40(51)49(31-10-12-43-44-23-31)32-19-28-11-13-45(2)38(28)42-22-32)21-37(46(26)3)36-20-30(41)8-9-34(36)39(50)48-24-29-7-5-4-6-27(29)18-33(48)25-47-14-16-52-17-15-47/h4-13,19-23,33H,14-18,24-25H2,1-3H3/t33-/m0/s1. The molecule has 0 spiro atoms. The Morgan fingerprint density at radius 2 is 1.73 bits per heavy atom. The van der Waals surface area contributed by atoms with Gasteiger partial charge in [0.15, 0.2) is 0 Å². The van der Waals surface area contributed by atoms with Crippen molar-refractivity contribution in [2.75, 3.05) is 37.7 Å². The van der Waals surface area contributed by atoms with Crippen LogP contribution in [-0.4, -0.2) is 84.8 Å². The van der Waals surface area contributed by atoms with Crippen LogP contribution < -0.4 is 4.90 Å². The van der Waals surface area contributed by atoms with Gasteiger partial charge in [-0.3, -0.25) is 19.4 Å². The highest BCUT2D eigenvalue weighted by Gasteiger charge is 2.34. The third-order valence-electron chi connectivity index (χ3n) is 10.4. The number of fused-ring (bicyclic) bond motifs is 2. The molecular formula is C40H39ClN8O3. The van der Waals surface area contributed by atoms with Gasteiger partial charge in [-0.05, 0) is 66.9 Å². The number of aromatic nitrogens is 5. The van der Waals surface area contributed by atoms with Gasteiger partial charge in [0.1, 0.15) is 5.65 Å². The minimum absolute atomic E-state index is 0.0191. The molecule has 52 heavy (non-hydrogen) atoms. The number of benzene rings is 2. The second-order valence-electron chi connectivity index (χ2n) is 13.5. The molecule has 0 bridgehead atoms. The molecule has 1 atom stereocenters. The number of hydrogen-bond donors (Lipinski definition) is 0. The summed E-state index contributed by atoms with van der Waals surface area (Å²) in [6.45, 7) is 6.25. The van der Waals surface area contributed by atoms with Gasteiger partial charge in [-0.2, -0.15) is 10.2 Å². The molecule has 0 unspecified atom stereocenters. The number of carbonyl (C=O) groups excluding carboxylic acids is 2. The van der Waals surface area contributed by atoms with Gasteiger partial charge in [0.05, 0.1) is 48.7 Å². The van der Waals surface area contributed by atoms with E-state index in [0.29, 0.717) is 58.5 Å². The van der Waals surface area contributed by atoms with E-state index in [-0.39, 0.29) is 17.9 Å². The Bertz CT molecular complexity index is 2300. The summed E-state index contributed by atoms with van der Waals surface area (Å²) < 4.78 is 9.50. The molecule has 0 N–H and O–H groups in total. The first-order valence-corrected chi connectivity index (χ1v) is 17.8. The molecule has 2 amide bonds. The number of carbonyl (C=O) groups is 2. The monoisotopic (exact) mass is 714 g/mol. The highest BCUT2D eigenvalue weighted by atomic mass is 35.5. The van der Waals surface area contributed by atoms with E-state index in [1.54, 1.807) is 35.6 Å². The smallest absolute Gasteiger partial charge is 0.264 e. The lowest BCUT2D eigenvalue weighted by Gasteiger charge is -2.40. The third-order valence-corrected chi connectivity index (χ3v) is 10.7. The minimum atomic E-state index is -0.266. The highest BCUT2D eigenvalue weighted by Crippen LogP contribution is 2.36. The van der Waals surface area contributed by atoms with Crippen LogP contribution >= 0.6 is 11.6 Å². The highest BCUT2D eigenvalue weighted by molar-refractivity contribution is 6.31. The van der Waals surface area contributed by atoms with Gasteiger partial charge in [-0.15, -0.1) is 0 Å².